The average molecular weight is 455 g/mol. The minimum absolute atomic E-state index is 0.244. The van der Waals surface area contributed by atoms with Gasteiger partial charge in [-0.15, -0.1) is 0 Å². The molecule has 2 aromatic rings. The van der Waals surface area contributed by atoms with E-state index < -0.39 is 12.2 Å². The Bertz CT molecular complexity index is 1060. The molecule has 0 spiro atoms. The van der Waals surface area contributed by atoms with E-state index in [0.29, 0.717) is 11.3 Å². The van der Waals surface area contributed by atoms with Crippen LogP contribution in [0.1, 0.15) is 18.9 Å². The normalized spacial score (nSPS) is 9.69. The molecule has 0 aliphatic carbocycles. The van der Waals surface area contributed by atoms with Gasteiger partial charge in [0.2, 0.25) is 11.9 Å². The second-order valence-electron chi connectivity index (χ2n) is 6.02. The zero-order chi connectivity index (χ0) is 23.5. The Kier molecular flexibility index (Phi) is 9.06. The lowest BCUT2D eigenvalue weighted by Gasteiger charge is -2.13. The van der Waals surface area contributed by atoms with Crippen LogP contribution in [-0.2, 0) is 14.3 Å². The number of carbonyl (C=O) groups is 3. The molecule has 0 aliphatic heterocycles. The molecule has 11 heteroatoms. The van der Waals surface area contributed by atoms with E-state index in [-0.39, 0.29) is 24.0 Å². The number of rotatable bonds is 5. The monoisotopic (exact) mass is 455 g/mol. The smallest absolute Gasteiger partial charge is 0.413 e. The topological polar surface area (TPSA) is 142 Å². The molecule has 0 bridgehead atoms. The largest absolute Gasteiger partial charge is 0.453 e. The van der Waals surface area contributed by atoms with E-state index in [1.807, 2.05) is 6.07 Å². The molecule has 0 unspecified atom stereocenters. The van der Waals surface area contributed by atoms with Crippen molar-refractivity contribution in [1.82, 2.24) is 10.6 Å². The number of aliphatic imine (C=N–C) groups is 1. The molecule has 0 atom stereocenters. The van der Waals surface area contributed by atoms with Crippen LogP contribution in [-0.4, -0.2) is 38.3 Å². The van der Waals surface area contributed by atoms with Crippen LogP contribution in [0.25, 0.3) is 0 Å². The highest BCUT2D eigenvalue weighted by molar-refractivity contribution is 7.99. The molecule has 2 rings (SSSR count). The Morgan fingerprint density at radius 3 is 2.28 bits per heavy atom. The van der Waals surface area contributed by atoms with Gasteiger partial charge in [-0.1, -0.05) is 24.8 Å². The summed E-state index contributed by atoms with van der Waals surface area (Å²) in [6, 6.07) is 14.2. The summed E-state index contributed by atoms with van der Waals surface area (Å²) in [7, 11) is 2.31. The summed E-state index contributed by atoms with van der Waals surface area (Å²) in [5.74, 6) is -0.503. The van der Waals surface area contributed by atoms with E-state index in [4.69, 9.17) is 5.26 Å². The van der Waals surface area contributed by atoms with Gasteiger partial charge in [-0.25, -0.2) is 14.6 Å². The van der Waals surface area contributed by atoms with E-state index in [0.717, 1.165) is 24.0 Å². The number of ether oxygens (including phenoxy) is 2. The van der Waals surface area contributed by atoms with Crippen molar-refractivity contribution in [2.24, 2.45) is 4.99 Å². The molecule has 166 valence electrons. The van der Waals surface area contributed by atoms with E-state index in [2.05, 4.69) is 36.5 Å². The van der Waals surface area contributed by atoms with Crippen molar-refractivity contribution in [3.8, 4) is 6.07 Å². The molecule has 0 saturated heterocycles. The number of alkyl carbamates (subject to hydrolysis) is 2. The molecule has 0 saturated carbocycles. The van der Waals surface area contributed by atoms with Gasteiger partial charge in [-0.2, -0.15) is 5.26 Å². The number of carbonyl (C=O) groups excluding carboxylic acids is 3. The van der Waals surface area contributed by atoms with E-state index in [9.17, 15) is 14.4 Å². The molecule has 0 aliphatic rings. The Morgan fingerprint density at radius 1 is 1.03 bits per heavy atom. The van der Waals surface area contributed by atoms with Crippen molar-refractivity contribution >= 4 is 47.2 Å². The third-order valence-corrected chi connectivity index (χ3v) is 4.79. The van der Waals surface area contributed by atoms with Crippen LogP contribution in [0.15, 0.2) is 57.2 Å². The third kappa shape index (κ3) is 7.33. The lowest BCUT2D eigenvalue weighted by Crippen LogP contribution is -2.43. The molecule has 32 heavy (non-hydrogen) atoms. The summed E-state index contributed by atoms with van der Waals surface area (Å²) in [6.45, 7) is 1.70. The maximum atomic E-state index is 11.9. The lowest BCUT2D eigenvalue weighted by atomic mass is 10.2. The molecule has 0 heterocycles. The highest BCUT2D eigenvalue weighted by Crippen LogP contribution is 2.35. The van der Waals surface area contributed by atoms with Gasteiger partial charge in [0.1, 0.15) is 0 Å². The van der Waals surface area contributed by atoms with Gasteiger partial charge in [0.15, 0.2) is 0 Å². The Hall–Kier alpha value is -4.04. The maximum absolute atomic E-state index is 11.9. The lowest BCUT2D eigenvalue weighted by molar-refractivity contribution is -0.115. The van der Waals surface area contributed by atoms with Gasteiger partial charge >= 0.3 is 12.2 Å². The molecule has 0 fully saturated rings. The number of guanidine groups is 1. The SMILES string of the molecule is CCC(=O)Nc1ccc(Sc2cccc(C#N)c2)cc1N=C(NC(=O)OC)NC(=O)OC. The minimum Gasteiger partial charge on any atom is -0.453 e. The number of hydrogen-bond acceptors (Lipinski definition) is 8. The molecule has 0 aromatic heterocycles. The van der Waals surface area contributed by atoms with Crippen LogP contribution >= 0.6 is 11.8 Å². The standard InChI is InChI=1S/C21H21N5O5S/c1-4-18(27)23-16-9-8-15(32-14-7-5-6-13(10-14)12-22)11-17(16)24-19(25-20(28)30-2)26-21(29)31-3/h5-11H,4H2,1-3H3,(H,23,27)(H2,24,25,26,28,29). The van der Waals surface area contributed by atoms with Crippen molar-refractivity contribution in [2.45, 2.75) is 23.1 Å². The summed E-state index contributed by atoms with van der Waals surface area (Å²) < 4.78 is 9.09. The van der Waals surface area contributed by atoms with Gasteiger partial charge in [0.25, 0.3) is 0 Å². The van der Waals surface area contributed by atoms with Crippen LogP contribution in [0.2, 0.25) is 0 Å². The highest BCUT2D eigenvalue weighted by Gasteiger charge is 2.14. The summed E-state index contributed by atoms with van der Waals surface area (Å²) >= 11 is 1.37. The van der Waals surface area contributed by atoms with Gasteiger partial charge < -0.3 is 14.8 Å². The molecule has 3 N–H and O–H groups in total. The second kappa shape index (κ2) is 12.0. The summed E-state index contributed by atoms with van der Waals surface area (Å²) in [6.07, 6.45) is -1.48. The van der Waals surface area contributed by atoms with Crippen LogP contribution in [0.5, 0.6) is 0 Å². The molecule has 2 aromatic carbocycles. The molecule has 3 amide bonds. The molecule has 0 radical (unpaired) electrons. The quantitative estimate of drug-likeness (QED) is 0.460. The number of nitrogens with zero attached hydrogens (tertiary/aromatic N) is 2. The van der Waals surface area contributed by atoms with Gasteiger partial charge in [0, 0.05) is 16.2 Å². The fourth-order valence-corrected chi connectivity index (χ4v) is 3.19. The van der Waals surface area contributed by atoms with Crippen molar-refractivity contribution in [3.63, 3.8) is 0 Å². The fourth-order valence-electron chi connectivity index (χ4n) is 2.28. The Balaban J connectivity index is 2.47. The summed E-state index contributed by atoms with van der Waals surface area (Å²) in [5.41, 5.74) is 1.14. The van der Waals surface area contributed by atoms with Crippen molar-refractivity contribution < 1.29 is 23.9 Å². The number of anilines is 1. The molecular weight excluding hydrogens is 434 g/mol. The predicted octanol–water partition coefficient (Wildman–Crippen LogP) is 3.76. The molecule has 10 nitrogen and oxygen atoms in total. The Labute approximate surface area is 189 Å². The first-order valence-electron chi connectivity index (χ1n) is 9.29. The first-order valence-corrected chi connectivity index (χ1v) is 10.1. The van der Waals surface area contributed by atoms with Crippen LogP contribution in [0.4, 0.5) is 21.0 Å². The van der Waals surface area contributed by atoms with Gasteiger partial charge in [0.05, 0.1) is 37.2 Å². The molecular formula is C21H21N5O5S. The van der Waals surface area contributed by atoms with Crippen LogP contribution in [0, 0.1) is 11.3 Å². The fraction of sp³-hybridized carbons (Fsp3) is 0.190. The van der Waals surface area contributed by atoms with E-state index in [1.165, 1.54) is 11.8 Å². The zero-order valence-electron chi connectivity index (χ0n) is 17.6. The first-order chi connectivity index (χ1) is 15.4. The summed E-state index contributed by atoms with van der Waals surface area (Å²) in [5, 5.41) is 16.4. The zero-order valence-corrected chi connectivity index (χ0v) is 18.4. The van der Waals surface area contributed by atoms with E-state index in [1.54, 1.807) is 43.3 Å². The third-order valence-electron chi connectivity index (χ3n) is 3.81. The highest BCUT2D eigenvalue weighted by atomic mass is 32.2. The predicted molar refractivity (Wildman–Crippen MR) is 119 cm³/mol. The number of nitrogens with one attached hydrogen (secondary N) is 3. The second-order valence-corrected chi connectivity index (χ2v) is 7.16. The summed E-state index contributed by atoms with van der Waals surface area (Å²) in [4.78, 5) is 41.1. The Morgan fingerprint density at radius 2 is 1.69 bits per heavy atom. The van der Waals surface area contributed by atoms with Gasteiger partial charge in [-0.05, 0) is 36.4 Å². The maximum Gasteiger partial charge on any atom is 0.413 e. The number of nitriles is 1. The average Bonchev–Trinajstić information content (AvgIpc) is 2.80. The van der Waals surface area contributed by atoms with Gasteiger partial charge in [-0.3, -0.25) is 15.4 Å². The first kappa shape index (κ1) is 24.2. The number of amides is 3. The van der Waals surface area contributed by atoms with Crippen LogP contribution in [0.3, 0.4) is 0 Å². The van der Waals surface area contributed by atoms with Crippen LogP contribution < -0.4 is 16.0 Å². The number of hydrogen-bond donors (Lipinski definition) is 3. The van der Waals surface area contributed by atoms with Crippen molar-refractivity contribution in [1.29, 1.82) is 5.26 Å². The minimum atomic E-state index is -0.863. The number of benzene rings is 2. The van der Waals surface area contributed by atoms with Crippen molar-refractivity contribution in [3.05, 3.63) is 48.0 Å². The number of methoxy groups -OCH3 is 2. The van der Waals surface area contributed by atoms with Crippen molar-refractivity contribution in [2.75, 3.05) is 19.5 Å². The van der Waals surface area contributed by atoms with E-state index >= 15 is 0 Å².